The maximum absolute atomic E-state index is 8.76. The number of hydrogen-bond acceptors (Lipinski definition) is 3. The van der Waals surface area contributed by atoms with Crippen molar-refractivity contribution in [1.29, 1.82) is 0 Å². The molecule has 12 heavy (non-hydrogen) atoms. The first-order valence-electron chi connectivity index (χ1n) is 4.75. The van der Waals surface area contributed by atoms with Gasteiger partial charge in [0.2, 0.25) is 0 Å². The van der Waals surface area contributed by atoms with Crippen LogP contribution < -0.4 is 5.32 Å². The lowest BCUT2D eigenvalue weighted by molar-refractivity contribution is -0.00510. The van der Waals surface area contributed by atoms with Gasteiger partial charge in [-0.25, -0.2) is 0 Å². The summed E-state index contributed by atoms with van der Waals surface area (Å²) in [5.41, 5.74) is 0. The monoisotopic (exact) mass is 173 g/mol. The van der Waals surface area contributed by atoms with E-state index in [2.05, 4.69) is 12.2 Å². The normalized spacial score (nSPS) is 20.5. The zero-order chi connectivity index (χ0) is 8.81. The molecule has 72 valence electrons. The predicted octanol–water partition coefficient (Wildman–Crippen LogP) is 0.383. The minimum absolute atomic E-state index is 0.312. The molecule has 1 saturated heterocycles. The molecule has 0 bridgehead atoms. The first-order valence-corrected chi connectivity index (χ1v) is 4.75. The number of aliphatic hydroxyl groups excluding tert-OH is 1. The molecule has 0 radical (unpaired) electrons. The average Bonchev–Trinajstić information content (AvgIpc) is 2.00. The number of nitrogens with one attached hydrogen (secondary N) is 1. The van der Waals surface area contributed by atoms with Crippen molar-refractivity contribution in [3.05, 3.63) is 0 Å². The summed E-state index contributed by atoms with van der Waals surface area (Å²) in [4.78, 5) is 0. The molecule has 1 unspecified atom stereocenters. The van der Waals surface area contributed by atoms with Gasteiger partial charge in [-0.05, 0) is 25.3 Å². The van der Waals surface area contributed by atoms with E-state index in [1.54, 1.807) is 0 Å². The molecule has 1 atom stereocenters. The average molecular weight is 173 g/mol. The van der Waals surface area contributed by atoms with Crippen LogP contribution in [0.15, 0.2) is 0 Å². The molecule has 0 aromatic heterocycles. The van der Waals surface area contributed by atoms with E-state index >= 15 is 0 Å². The summed E-state index contributed by atoms with van der Waals surface area (Å²) in [6.07, 6.45) is 2.26. The first-order chi connectivity index (χ1) is 5.83. The van der Waals surface area contributed by atoms with Gasteiger partial charge in [0.05, 0.1) is 19.3 Å². The Morgan fingerprint density at radius 1 is 1.58 bits per heavy atom. The molecule has 0 spiro atoms. The van der Waals surface area contributed by atoms with Crippen molar-refractivity contribution in [1.82, 2.24) is 5.32 Å². The van der Waals surface area contributed by atoms with E-state index in [0.29, 0.717) is 18.6 Å². The summed E-state index contributed by atoms with van der Waals surface area (Å²) >= 11 is 0. The molecule has 0 aromatic rings. The molecule has 1 aliphatic heterocycles. The second-order valence-corrected chi connectivity index (χ2v) is 3.62. The summed E-state index contributed by atoms with van der Waals surface area (Å²) in [7, 11) is 0. The van der Waals surface area contributed by atoms with Crippen molar-refractivity contribution in [2.24, 2.45) is 5.92 Å². The van der Waals surface area contributed by atoms with E-state index < -0.39 is 0 Å². The third-order valence-electron chi connectivity index (χ3n) is 2.26. The Morgan fingerprint density at radius 2 is 2.33 bits per heavy atom. The SMILES string of the molecule is CC(CO)CCCNC1COC1. The standard InChI is InChI=1S/C9H19NO2/c1-8(5-11)3-2-4-10-9-6-12-7-9/h8-11H,2-7H2,1H3. The fourth-order valence-electron chi connectivity index (χ4n) is 1.20. The van der Waals surface area contributed by atoms with Gasteiger partial charge in [-0.3, -0.25) is 0 Å². The quantitative estimate of drug-likeness (QED) is 0.571. The molecular formula is C9H19NO2. The van der Waals surface area contributed by atoms with Crippen LogP contribution in [-0.2, 0) is 4.74 Å². The van der Waals surface area contributed by atoms with Crippen LogP contribution >= 0.6 is 0 Å². The van der Waals surface area contributed by atoms with E-state index in [0.717, 1.165) is 32.6 Å². The first kappa shape index (κ1) is 9.96. The van der Waals surface area contributed by atoms with Crippen LogP contribution in [0.3, 0.4) is 0 Å². The largest absolute Gasteiger partial charge is 0.396 e. The van der Waals surface area contributed by atoms with Crippen LogP contribution in [-0.4, -0.2) is 37.5 Å². The van der Waals surface area contributed by atoms with Crippen LogP contribution in [0.2, 0.25) is 0 Å². The second-order valence-electron chi connectivity index (χ2n) is 3.62. The van der Waals surface area contributed by atoms with Crippen LogP contribution in [0.25, 0.3) is 0 Å². The molecule has 1 rings (SSSR count). The lowest BCUT2D eigenvalue weighted by atomic mass is 10.1. The molecule has 0 aromatic carbocycles. The zero-order valence-corrected chi connectivity index (χ0v) is 7.75. The van der Waals surface area contributed by atoms with Crippen LogP contribution in [0, 0.1) is 5.92 Å². The molecule has 1 heterocycles. The van der Waals surface area contributed by atoms with Crippen LogP contribution in [0.4, 0.5) is 0 Å². The Bertz CT molecular complexity index is 108. The highest BCUT2D eigenvalue weighted by Gasteiger charge is 2.16. The zero-order valence-electron chi connectivity index (χ0n) is 7.75. The van der Waals surface area contributed by atoms with Gasteiger partial charge in [0.1, 0.15) is 0 Å². The van der Waals surface area contributed by atoms with Gasteiger partial charge in [0.25, 0.3) is 0 Å². The van der Waals surface area contributed by atoms with Gasteiger partial charge < -0.3 is 15.2 Å². The molecule has 1 fully saturated rings. The molecule has 3 heteroatoms. The smallest absolute Gasteiger partial charge is 0.0643 e. The van der Waals surface area contributed by atoms with E-state index in [1.807, 2.05) is 0 Å². The minimum Gasteiger partial charge on any atom is -0.396 e. The van der Waals surface area contributed by atoms with E-state index in [4.69, 9.17) is 9.84 Å². The molecular weight excluding hydrogens is 154 g/mol. The second kappa shape index (κ2) is 5.51. The van der Waals surface area contributed by atoms with Gasteiger partial charge >= 0.3 is 0 Å². The van der Waals surface area contributed by atoms with E-state index in [9.17, 15) is 0 Å². The van der Waals surface area contributed by atoms with Crippen molar-refractivity contribution in [3.8, 4) is 0 Å². The molecule has 1 aliphatic rings. The third kappa shape index (κ3) is 3.52. The number of ether oxygens (including phenoxy) is 1. The maximum Gasteiger partial charge on any atom is 0.0643 e. The van der Waals surface area contributed by atoms with Crippen molar-refractivity contribution in [2.45, 2.75) is 25.8 Å². The maximum atomic E-state index is 8.76. The topological polar surface area (TPSA) is 41.5 Å². The Kier molecular flexibility index (Phi) is 4.58. The Balaban J connectivity index is 1.82. The summed E-state index contributed by atoms with van der Waals surface area (Å²) in [6, 6.07) is 0.592. The number of rotatable bonds is 6. The number of hydrogen-bond donors (Lipinski definition) is 2. The molecule has 0 amide bonds. The van der Waals surface area contributed by atoms with Gasteiger partial charge in [0, 0.05) is 6.61 Å². The Labute approximate surface area is 74.1 Å². The van der Waals surface area contributed by atoms with Gasteiger partial charge in [-0.1, -0.05) is 6.92 Å². The Morgan fingerprint density at radius 3 is 2.83 bits per heavy atom. The van der Waals surface area contributed by atoms with Gasteiger partial charge in [0.15, 0.2) is 0 Å². The molecule has 2 N–H and O–H groups in total. The molecule has 0 aliphatic carbocycles. The highest BCUT2D eigenvalue weighted by Crippen LogP contribution is 2.04. The molecule has 0 saturated carbocycles. The van der Waals surface area contributed by atoms with Gasteiger partial charge in [-0.15, -0.1) is 0 Å². The molecule has 3 nitrogen and oxygen atoms in total. The summed E-state index contributed by atoms with van der Waals surface area (Å²) in [5, 5.41) is 12.2. The fourth-order valence-corrected chi connectivity index (χ4v) is 1.20. The van der Waals surface area contributed by atoms with Crippen molar-refractivity contribution in [2.75, 3.05) is 26.4 Å². The predicted molar refractivity (Wildman–Crippen MR) is 48.1 cm³/mol. The van der Waals surface area contributed by atoms with Crippen LogP contribution in [0.5, 0.6) is 0 Å². The van der Waals surface area contributed by atoms with Crippen molar-refractivity contribution < 1.29 is 9.84 Å². The Hall–Kier alpha value is -0.120. The lowest BCUT2D eigenvalue weighted by Crippen LogP contribution is -2.46. The summed E-state index contributed by atoms with van der Waals surface area (Å²) in [5.74, 6) is 0.449. The number of aliphatic hydroxyl groups is 1. The lowest BCUT2D eigenvalue weighted by Gasteiger charge is -2.27. The van der Waals surface area contributed by atoms with E-state index in [1.165, 1.54) is 0 Å². The highest BCUT2D eigenvalue weighted by atomic mass is 16.5. The summed E-state index contributed by atoms with van der Waals surface area (Å²) < 4.78 is 5.03. The summed E-state index contributed by atoms with van der Waals surface area (Å²) in [6.45, 7) is 5.18. The van der Waals surface area contributed by atoms with Crippen LogP contribution in [0.1, 0.15) is 19.8 Å². The highest BCUT2D eigenvalue weighted by molar-refractivity contribution is 4.72. The third-order valence-corrected chi connectivity index (χ3v) is 2.26. The van der Waals surface area contributed by atoms with Gasteiger partial charge in [-0.2, -0.15) is 0 Å². The fraction of sp³-hybridized carbons (Fsp3) is 1.00. The van der Waals surface area contributed by atoms with Crippen molar-refractivity contribution in [3.63, 3.8) is 0 Å². The van der Waals surface area contributed by atoms with E-state index in [-0.39, 0.29) is 0 Å². The minimum atomic E-state index is 0.312. The van der Waals surface area contributed by atoms with Crippen molar-refractivity contribution >= 4 is 0 Å².